The van der Waals surface area contributed by atoms with E-state index in [1.165, 1.54) is 5.57 Å². The predicted molar refractivity (Wildman–Crippen MR) is 139 cm³/mol. The summed E-state index contributed by atoms with van der Waals surface area (Å²) in [7, 11) is 0. The van der Waals surface area contributed by atoms with Gasteiger partial charge in [0, 0.05) is 96.5 Å². The van der Waals surface area contributed by atoms with Gasteiger partial charge in [-0.2, -0.15) is 0 Å². The molecule has 32 heavy (non-hydrogen) atoms. The first-order valence-electron chi connectivity index (χ1n) is 12.2. The van der Waals surface area contributed by atoms with Crippen LogP contribution in [0.15, 0.2) is 12.2 Å². The minimum Gasteiger partial charge on any atom is -0.329 e. The van der Waals surface area contributed by atoms with Gasteiger partial charge in [-0.15, -0.1) is 6.58 Å². The zero-order valence-electron chi connectivity index (χ0n) is 20.5. The molecule has 0 spiro atoms. The van der Waals surface area contributed by atoms with Crippen LogP contribution >= 0.6 is 0 Å². The summed E-state index contributed by atoms with van der Waals surface area (Å²) in [6, 6.07) is 0. The Kier molecular flexibility index (Phi) is 22.1. The predicted octanol–water partition coefficient (Wildman–Crippen LogP) is 0.130. The van der Waals surface area contributed by atoms with Crippen LogP contribution in [-0.4, -0.2) is 101 Å². The molecule has 0 aliphatic carbocycles. The van der Waals surface area contributed by atoms with Gasteiger partial charge in [0.2, 0.25) is 0 Å². The fraction of sp³-hybridized carbons (Fsp3) is 0.826. The van der Waals surface area contributed by atoms with Gasteiger partial charge < -0.3 is 48.5 Å². The van der Waals surface area contributed by atoms with Crippen molar-refractivity contribution in [1.82, 2.24) is 26.2 Å². The number of nitrogens with two attached hydrogens (primary N) is 2. The van der Waals surface area contributed by atoms with Crippen LogP contribution in [-0.2, 0) is 0 Å². The Labute approximate surface area is 196 Å². The molecule has 10 N–H and O–H groups in total. The van der Waals surface area contributed by atoms with E-state index < -0.39 is 0 Å². The number of hydrogen-bond donors (Lipinski definition) is 8. The highest BCUT2D eigenvalue weighted by Crippen LogP contribution is 2.04. The largest absolute Gasteiger partial charge is 0.329 e. The fourth-order valence-electron chi connectivity index (χ4n) is 3.06. The van der Waals surface area contributed by atoms with Crippen molar-refractivity contribution >= 4 is 11.4 Å². The highest BCUT2D eigenvalue weighted by atomic mass is 15.1. The average molecular weight is 454 g/mol. The maximum atomic E-state index is 8.28. The summed E-state index contributed by atoms with van der Waals surface area (Å²) in [6.45, 7) is 17.1. The van der Waals surface area contributed by atoms with Crippen molar-refractivity contribution in [1.29, 1.82) is 10.8 Å². The van der Waals surface area contributed by atoms with E-state index in [2.05, 4.69) is 39.7 Å². The van der Waals surface area contributed by atoms with Gasteiger partial charge in [0.1, 0.15) is 0 Å². The molecule has 0 aliphatic heterocycles. The molecule has 0 heterocycles. The maximum Gasteiger partial charge on any atom is 0.0114 e. The Bertz CT molecular complexity index is 482. The van der Waals surface area contributed by atoms with E-state index in [1.807, 2.05) is 0 Å². The second-order valence-corrected chi connectivity index (χ2v) is 8.33. The van der Waals surface area contributed by atoms with Gasteiger partial charge in [-0.05, 0) is 39.0 Å². The van der Waals surface area contributed by atoms with Crippen molar-refractivity contribution in [3.8, 4) is 0 Å². The number of nitrogens with zero attached hydrogens (tertiary/aromatic N) is 1. The van der Waals surface area contributed by atoms with Gasteiger partial charge >= 0.3 is 0 Å². The standard InChI is InChI=1S/C23H51N9/c1-21(2)5-18-32(19-6-22(26)3-10-28-12-8-24)20-7-23(27)4-11-29-14-16-31-17-15-30-13-9-25/h26-31H,1,3-20,24-25H2,2H3. The zero-order chi connectivity index (χ0) is 23.9. The lowest BCUT2D eigenvalue weighted by molar-refractivity contribution is 0.292. The second-order valence-electron chi connectivity index (χ2n) is 8.33. The maximum absolute atomic E-state index is 8.28. The molecule has 0 fully saturated rings. The molecule has 0 rings (SSSR count). The van der Waals surface area contributed by atoms with Crippen LogP contribution < -0.4 is 32.7 Å². The van der Waals surface area contributed by atoms with Gasteiger partial charge in [0.15, 0.2) is 0 Å². The minimum atomic E-state index is 0.633. The van der Waals surface area contributed by atoms with E-state index >= 15 is 0 Å². The van der Waals surface area contributed by atoms with Crippen molar-refractivity contribution in [3.05, 3.63) is 12.2 Å². The molecule has 9 heteroatoms. The van der Waals surface area contributed by atoms with E-state index in [9.17, 15) is 0 Å². The molecule has 9 nitrogen and oxygen atoms in total. The summed E-state index contributed by atoms with van der Waals surface area (Å²) in [4.78, 5) is 2.38. The van der Waals surface area contributed by atoms with E-state index in [0.29, 0.717) is 13.1 Å². The van der Waals surface area contributed by atoms with E-state index in [-0.39, 0.29) is 0 Å². The molecule has 188 valence electrons. The summed E-state index contributed by atoms with van der Waals surface area (Å²) in [5.41, 5.74) is 13.7. The topological polar surface area (TPSA) is 151 Å². The molecular formula is C23H51N9. The summed E-state index contributed by atoms with van der Waals surface area (Å²) >= 11 is 0. The van der Waals surface area contributed by atoms with Crippen molar-refractivity contribution < 1.29 is 0 Å². The quantitative estimate of drug-likeness (QED) is 0.0556. The van der Waals surface area contributed by atoms with Crippen LogP contribution in [0.25, 0.3) is 0 Å². The third kappa shape index (κ3) is 22.0. The van der Waals surface area contributed by atoms with Gasteiger partial charge in [0.25, 0.3) is 0 Å². The van der Waals surface area contributed by atoms with Crippen LogP contribution in [0.5, 0.6) is 0 Å². The van der Waals surface area contributed by atoms with Gasteiger partial charge in [0.05, 0.1) is 0 Å². The van der Waals surface area contributed by atoms with Crippen LogP contribution in [0.1, 0.15) is 39.0 Å². The molecule has 0 bridgehead atoms. The lowest BCUT2D eigenvalue weighted by atomic mass is 10.1. The van der Waals surface area contributed by atoms with E-state index in [4.69, 9.17) is 22.3 Å². The molecule has 0 amide bonds. The summed E-state index contributed by atoms with van der Waals surface area (Å²) in [6.07, 6.45) is 4.09. The molecule has 0 aromatic carbocycles. The molecule has 0 saturated carbocycles. The Morgan fingerprint density at radius 1 is 0.625 bits per heavy atom. The molecule has 0 atom stereocenters. The average Bonchev–Trinajstić information content (AvgIpc) is 2.77. The van der Waals surface area contributed by atoms with E-state index in [1.54, 1.807) is 0 Å². The van der Waals surface area contributed by atoms with Crippen LogP contribution in [0, 0.1) is 10.8 Å². The Balaban J connectivity index is 3.93. The van der Waals surface area contributed by atoms with Gasteiger partial charge in [-0.25, -0.2) is 0 Å². The molecule has 0 aromatic rings. The van der Waals surface area contributed by atoms with Crippen LogP contribution in [0.4, 0.5) is 0 Å². The number of hydrogen-bond acceptors (Lipinski definition) is 9. The third-order valence-electron chi connectivity index (χ3n) is 5.12. The summed E-state index contributed by atoms with van der Waals surface area (Å²) < 4.78 is 0. The molecule has 0 unspecified atom stereocenters. The van der Waals surface area contributed by atoms with Crippen molar-refractivity contribution in [2.75, 3.05) is 85.1 Å². The Morgan fingerprint density at radius 3 is 1.44 bits per heavy atom. The Morgan fingerprint density at radius 2 is 1.00 bits per heavy atom. The monoisotopic (exact) mass is 453 g/mol. The Hall–Kier alpha value is -1.20. The van der Waals surface area contributed by atoms with Crippen LogP contribution in [0.3, 0.4) is 0 Å². The highest BCUT2D eigenvalue weighted by Gasteiger charge is 2.08. The molecular weight excluding hydrogens is 402 g/mol. The second kappa shape index (κ2) is 23.0. The highest BCUT2D eigenvalue weighted by molar-refractivity contribution is 5.82. The van der Waals surface area contributed by atoms with Crippen molar-refractivity contribution in [2.24, 2.45) is 11.5 Å². The summed E-state index contributed by atoms with van der Waals surface area (Å²) in [5.74, 6) is 0. The zero-order valence-corrected chi connectivity index (χ0v) is 20.5. The SMILES string of the molecule is C=C(C)CCN(CCC(=N)CCNCCN)CCC(=N)CCNCCNCCNCCN. The number of rotatable bonds is 25. The number of nitrogens with one attached hydrogen (secondary N) is 6. The lowest BCUT2D eigenvalue weighted by Crippen LogP contribution is -2.34. The first kappa shape index (κ1) is 30.8. The lowest BCUT2D eigenvalue weighted by Gasteiger charge is -2.23. The first-order chi connectivity index (χ1) is 15.5. The van der Waals surface area contributed by atoms with Crippen molar-refractivity contribution in [3.63, 3.8) is 0 Å². The van der Waals surface area contributed by atoms with Gasteiger partial charge in [-0.3, -0.25) is 0 Å². The molecule has 0 aromatic heterocycles. The van der Waals surface area contributed by atoms with Crippen molar-refractivity contribution in [2.45, 2.75) is 39.0 Å². The first-order valence-corrected chi connectivity index (χ1v) is 12.2. The molecule has 0 radical (unpaired) electrons. The van der Waals surface area contributed by atoms with Gasteiger partial charge in [-0.1, -0.05) is 5.57 Å². The summed E-state index contributed by atoms with van der Waals surface area (Å²) in [5, 5.41) is 29.7. The minimum absolute atomic E-state index is 0.633. The smallest absolute Gasteiger partial charge is 0.0114 e. The normalized spacial score (nSPS) is 11.2. The molecule has 0 aliphatic rings. The van der Waals surface area contributed by atoms with E-state index in [0.717, 1.165) is 116 Å². The fourth-order valence-corrected chi connectivity index (χ4v) is 3.06. The van der Waals surface area contributed by atoms with Crippen LogP contribution in [0.2, 0.25) is 0 Å². The third-order valence-corrected chi connectivity index (χ3v) is 5.12. The molecule has 0 saturated heterocycles.